The zero-order valence-electron chi connectivity index (χ0n) is 22.5. The number of halogens is 2. The van der Waals surface area contributed by atoms with Gasteiger partial charge in [0.1, 0.15) is 0 Å². The Bertz CT molecular complexity index is 1140. The summed E-state index contributed by atoms with van der Waals surface area (Å²) in [5, 5.41) is 3.80. The fourth-order valence-corrected chi connectivity index (χ4v) is 6.23. The van der Waals surface area contributed by atoms with Gasteiger partial charge >= 0.3 is 0 Å². The Balaban J connectivity index is 0.00000190. The monoisotopic (exact) mass is 638 g/mol. The number of ether oxygens (including phenoxy) is 4. The lowest BCUT2D eigenvalue weighted by atomic mass is 9.80. The SMILES string of the molecule is Br.Br.CCC1=C(C[C@@H]2NCCc3cc(OC)c(OC)cc32)C[C@H]2c3cc(OC)c(OC)cc3CCN2C1. The Morgan fingerprint density at radius 3 is 1.95 bits per heavy atom. The van der Waals surface area contributed by atoms with Gasteiger partial charge in [0.25, 0.3) is 0 Å². The predicted molar refractivity (Wildman–Crippen MR) is 159 cm³/mol. The van der Waals surface area contributed by atoms with E-state index in [1.54, 1.807) is 39.6 Å². The first-order chi connectivity index (χ1) is 17.1. The van der Waals surface area contributed by atoms with Gasteiger partial charge in [-0.15, -0.1) is 34.0 Å². The van der Waals surface area contributed by atoms with Crippen LogP contribution in [0.2, 0.25) is 0 Å². The number of nitrogens with one attached hydrogen (secondary N) is 1. The maximum atomic E-state index is 5.66. The van der Waals surface area contributed by atoms with Crippen LogP contribution in [0.15, 0.2) is 35.4 Å². The number of nitrogens with zero attached hydrogens (tertiary/aromatic N) is 1. The summed E-state index contributed by atoms with van der Waals surface area (Å²) in [6.07, 6.45) is 5.25. The number of hydrogen-bond donors (Lipinski definition) is 1. The van der Waals surface area contributed by atoms with Gasteiger partial charge in [0.05, 0.1) is 28.4 Å². The van der Waals surface area contributed by atoms with Crippen LogP contribution in [0.4, 0.5) is 0 Å². The van der Waals surface area contributed by atoms with E-state index in [2.05, 4.69) is 41.4 Å². The summed E-state index contributed by atoms with van der Waals surface area (Å²) in [6, 6.07) is 9.41. The van der Waals surface area contributed by atoms with Crippen molar-refractivity contribution in [2.24, 2.45) is 0 Å². The molecular weight excluding hydrogens is 600 g/mol. The first-order valence-corrected chi connectivity index (χ1v) is 12.8. The van der Waals surface area contributed by atoms with Crippen LogP contribution < -0.4 is 24.3 Å². The van der Waals surface area contributed by atoms with E-state index in [0.29, 0.717) is 6.04 Å². The van der Waals surface area contributed by atoms with Gasteiger partial charge < -0.3 is 24.3 Å². The molecule has 0 saturated carbocycles. The molecular formula is C29H40Br2N2O4. The highest BCUT2D eigenvalue weighted by molar-refractivity contribution is 8.93. The second-order valence-corrected chi connectivity index (χ2v) is 9.77. The molecule has 8 heteroatoms. The lowest BCUT2D eigenvalue weighted by Gasteiger charge is -2.43. The van der Waals surface area contributed by atoms with Crippen LogP contribution in [-0.4, -0.2) is 53.0 Å². The molecule has 3 aliphatic heterocycles. The van der Waals surface area contributed by atoms with Gasteiger partial charge in [-0.1, -0.05) is 18.1 Å². The molecule has 3 aliphatic rings. The van der Waals surface area contributed by atoms with E-state index in [0.717, 1.165) is 74.7 Å². The molecule has 2 atom stereocenters. The summed E-state index contributed by atoms with van der Waals surface area (Å²) in [4.78, 5) is 2.66. The van der Waals surface area contributed by atoms with Gasteiger partial charge in [-0.25, -0.2) is 0 Å². The minimum atomic E-state index is 0. The van der Waals surface area contributed by atoms with Gasteiger partial charge in [0.15, 0.2) is 23.0 Å². The summed E-state index contributed by atoms with van der Waals surface area (Å²) in [5.74, 6) is 3.27. The van der Waals surface area contributed by atoms with E-state index >= 15 is 0 Å². The molecule has 2 aromatic rings. The minimum absolute atomic E-state index is 0. The molecule has 0 aromatic heterocycles. The fourth-order valence-electron chi connectivity index (χ4n) is 6.23. The van der Waals surface area contributed by atoms with Gasteiger partial charge in [0.2, 0.25) is 0 Å². The third-order valence-electron chi connectivity index (χ3n) is 8.13. The van der Waals surface area contributed by atoms with E-state index in [9.17, 15) is 0 Å². The Morgan fingerprint density at radius 1 is 0.784 bits per heavy atom. The molecule has 0 aliphatic carbocycles. The molecule has 1 N–H and O–H groups in total. The van der Waals surface area contributed by atoms with Crippen LogP contribution in [0, 0.1) is 0 Å². The van der Waals surface area contributed by atoms with E-state index in [-0.39, 0.29) is 40.0 Å². The third kappa shape index (κ3) is 5.68. The van der Waals surface area contributed by atoms with Gasteiger partial charge in [-0.3, -0.25) is 4.90 Å². The fraction of sp³-hybridized carbons (Fsp3) is 0.517. The quantitative estimate of drug-likeness (QED) is 0.366. The number of benzene rings is 2. The van der Waals surface area contributed by atoms with Crippen molar-refractivity contribution < 1.29 is 18.9 Å². The second-order valence-electron chi connectivity index (χ2n) is 9.77. The number of rotatable bonds is 7. The average Bonchev–Trinajstić information content (AvgIpc) is 2.91. The number of fused-ring (bicyclic) bond motifs is 4. The first kappa shape index (κ1) is 29.8. The third-order valence-corrected chi connectivity index (χ3v) is 8.13. The number of hydrogen-bond acceptors (Lipinski definition) is 6. The maximum Gasteiger partial charge on any atom is 0.161 e. The molecule has 0 radical (unpaired) electrons. The molecule has 0 bridgehead atoms. The Hall–Kier alpha value is -1.74. The smallest absolute Gasteiger partial charge is 0.161 e. The highest BCUT2D eigenvalue weighted by atomic mass is 79.9. The molecule has 3 heterocycles. The molecule has 0 saturated heterocycles. The van der Waals surface area contributed by atoms with Gasteiger partial charge in [-0.05, 0) is 85.2 Å². The lowest BCUT2D eigenvalue weighted by Crippen LogP contribution is -2.40. The van der Waals surface area contributed by atoms with Crippen LogP contribution in [0.1, 0.15) is 60.5 Å². The van der Waals surface area contributed by atoms with Crippen LogP contribution in [0.25, 0.3) is 0 Å². The largest absolute Gasteiger partial charge is 0.493 e. The highest BCUT2D eigenvalue weighted by Gasteiger charge is 2.35. The Labute approximate surface area is 242 Å². The Kier molecular flexibility index (Phi) is 10.4. The minimum Gasteiger partial charge on any atom is -0.493 e. The summed E-state index contributed by atoms with van der Waals surface area (Å²) in [7, 11) is 6.86. The summed E-state index contributed by atoms with van der Waals surface area (Å²) in [6.45, 7) is 5.43. The zero-order valence-corrected chi connectivity index (χ0v) is 25.9. The van der Waals surface area contributed by atoms with E-state index in [1.807, 2.05) is 0 Å². The summed E-state index contributed by atoms with van der Waals surface area (Å²) < 4.78 is 22.5. The molecule has 0 spiro atoms. The van der Waals surface area contributed by atoms with Crippen molar-refractivity contribution in [2.75, 3.05) is 48.1 Å². The average molecular weight is 640 g/mol. The molecule has 2 aromatic carbocycles. The standard InChI is InChI=1S/C29H38N2O4.2BrH/c1-6-18-17-31-10-8-20-14-27(33-3)29(35-5)16-23(20)25(31)12-21(18)11-24-22-15-28(34-4)26(32-2)13-19(22)7-9-30-24;;/h13-16,24-25,30H,6-12,17H2,1-5H3;2*1H/t24-,25-;;/m0../s1. The molecule has 5 rings (SSSR count). The van der Waals surface area contributed by atoms with Crippen molar-refractivity contribution in [3.63, 3.8) is 0 Å². The second kappa shape index (κ2) is 12.9. The van der Waals surface area contributed by atoms with E-state index in [1.165, 1.54) is 22.3 Å². The van der Waals surface area contributed by atoms with Crippen molar-refractivity contribution in [1.82, 2.24) is 10.2 Å². The van der Waals surface area contributed by atoms with Crippen molar-refractivity contribution in [2.45, 2.75) is 51.1 Å². The van der Waals surface area contributed by atoms with Gasteiger partial charge in [-0.2, -0.15) is 0 Å². The topological polar surface area (TPSA) is 52.2 Å². The predicted octanol–water partition coefficient (Wildman–Crippen LogP) is 6.16. The van der Waals surface area contributed by atoms with Crippen molar-refractivity contribution >= 4 is 34.0 Å². The summed E-state index contributed by atoms with van der Waals surface area (Å²) in [5.41, 5.74) is 8.68. The van der Waals surface area contributed by atoms with Crippen LogP contribution in [0.5, 0.6) is 23.0 Å². The Morgan fingerprint density at radius 2 is 1.35 bits per heavy atom. The molecule has 204 valence electrons. The zero-order chi connectivity index (χ0) is 24.5. The highest BCUT2D eigenvalue weighted by Crippen LogP contribution is 2.46. The molecule has 6 nitrogen and oxygen atoms in total. The number of methoxy groups -OCH3 is 4. The maximum absolute atomic E-state index is 5.66. The van der Waals surface area contributed by atoms with Crippen molar-refractivity contribution in [3.05, 3.63) is 57.7 Å². The normalized spacial score (nSPS) is 20.5. The molecule has 37 heavy (non-hydrogen) atoms. The van der Waals surface area contributed by atoms with E-state index in [4.69, 9.17) is 18.9 Å². The van der Waals surface area contributed by atoms with Crippen LogP contribution in [-0.2, 0) is 12.8 Å². The molecule has 0 amide bonds. The first-order valence-electron chi connectivity index (χ1n) is 12.8. The van der Waals surface area contributed by atoms with Crippen LogP contribution in [0.3, 0.4) is 0 Å². The van der Waals surface area contributed by atoms with Crippen molar-refractivity contribution in [3.8, 4) is 23.0 Å². The van der Waals surface area contributed by atoms with Crippen LogP contribution >= 0.6 is 34.0 Å². The lowest BCUT2D eigenvalue weighted by molar-refractivity contribution is 0.181. The molecule has 0 unspecified atom stereocenters. The van der Waals surface area contributed by atoms with Gasteiger partial charge in [0, 0.05) is 25.2 Å². The van der Waals surface area contributed by atoms with E-state index < -0.39 is 0 Å². The molecule has 0 fully saturated rings. The van der Waals surface area contributed by atoms with Crippen molar-refractivity contribution in [1.29, 1.82) is 0 Å². The summed E-state index contributed by atoms with van der Waals surface area (Å²) >= 11 is 0.